The summed E-state index contributed by atoms with van der Waals surface area (Å²) in [6.45, 7) is -0.564. The number of carbonyl (C=O) groups is 2. The zero-order chi connectivity index (χ0) is 16.3. The molecule has 0 radical (unpaired) electrons. The van der Waals surface area contributed by atoms with Crippen LogP contribution in [0.15, 0.2) is 36.4 Å². The van der Waals surface area contributed by atoms with Crippen molar-refractivity contribution in [1.82, 2.24) is 0 Å². The van der Waals surface area contributed by atoms with Gasteiger partial charge in [-0.2, -0.15) is 13.2 Å². The van der Waals surface area contributed by atoms with Crippen molar-refractivity contribution in [3.8, 4) is 0 Å². The van der Waals surface area contributed by atoms with Gasteiger partial charge in [0.05, 0.1) is 20.3 Å². The number of alkyl halides is 3. The Morgan fingerprint density at radius 3 is 2.50 bits per heavy atom. The van der Waals surface area contributed by atoms with Gasteiger partial charge in [-0.05, 0) is 30.3 Å². The van der Waals surface area contributed by atoms with Crippen LogP contribution in [0.2, 0.25) is 4.34 Å². The maximum absolute atomic E-state index is 12.6. The zero-order valence-electron chi connectivity index (χ0n) is 10.8. The van der Waals surface area contributed by atoms with Gasteiger partial charge in [0.2, 0.25) is 5.78 Å². The predicted octanol–water partition coefficient (Wildman–Crippen LogP) is 4.46. The fraction of sp³-hybridized carbons (Fsp3) is 0.143. The lowest BCUT2D eigenvalue weighted by Gasteiger charge is -2.08. The monoisotopic (exact) mass is 348 g/mol. The fourth-order valence-corrected chi connectivity index (χ4v) is 2.54. The maximum atomic E-state index is 12.6. The summed E-state index contributed by atoms with van der Waals surface area (Å²) in [6.07, 6.45) is -4.56. The molecule has 2 aromatic rings. The number of esters is 1. The van der Waals surface area contributed by atoms with Crippen molar-refractivity contribution in [2.45, 2.75) is 6.18 Å². The molecule has 0 saturated carbocycles. The van der Waals surface area contributed by atoms with Crippen molar-refractivity contribution in [3.63, 3.8) is 0 Å². The van der Waals surface area contributed by atoms with Gasteiger partial charge in [-0.3, -0.25) is 4.79 Å². The normalized spacial score (nSPS) is 11.3. The minimum Gasteiger partial charge on any atom is -0.454 e. The van der Waals surface area contributed by atoms with E-state index in [-0.39, 0.29) is 5.56 Å². The molecule has 8 heteroatoms. The first-order valence-corrected chi connectivity index (χ1v) is 7.10. The van der Waals surface area contributed by atoms with Crippen molar-refractivity contribution < 1.29 is 27.5 Å². The number of halogens is 4. The van der Waals surface area contributed by atoms with Gasteiger partial charge >= 0.3 is 12.1 Å². The summed E-state index contributed by atoms with van der Waals surface area (Å²) >= 11 is 6.70. The molecule has 1 aromatic carbocycles. The van der Waals surface area contributed by atoms with Gasteiger partial charge in [-0.25, -0.2) is 4.79 Å². The van der Waals surface area contributed by atoms with Crippen LogP contribution in [-0.4, -0.2) is 18.4 Å². The van der Waals surface area contributed by atoms with E-state index in [1.165, 1.54) is 18.2 Å². The maximum Gasteiger partial charge on any atom is 0.416 e. The van der Waals surface area contributed by atoms with E-state index < -0.39 is 30.1 Å². The number of hydrogen-bond donors (Lipinski definition) is 0. The summed E-state index contributed by atoms with van der Waals surface area (Å²) in [5.74, 6) is -1.47. The van der Waals surface area contributed by atoms with Gasteiger partial charge in [-0.1, -0.05) is 17.7 Å². The van der Waals surface area contributed by atoms with E-state index in [1.807, 2.05) is 0 Å². The number of rotatable bonds is 4. The second-order valence-electron chi connectivity index (χ2n) is 4.18. The number of hydrogen-bond acceptors (Lipinski definition) is 4. The average molecular weight is 349 g/mol. The molecule has 0 aliphatic heterocycles. The van der Waals surface area contributed by atoms with Crippen molar-refractivity contribution in [2.24, 2.45) is 0 Å². The molecule has 0 N–H and O–H groups in total. The van der Waals surface area contributed by atoms with Crippen molar-refractivity contribution in [2.75, 3.05) is 6.61 Å². The molecule has 0 aliphatic carbocycles. The molecule has 0 bridgehead atoms. The summed E-state index contributed by atoms with van der Waals surface area (Å²) in [6, 6.07) is 6.80. The second-order valence-corrected chi connectivity index (χ2v) is 5.90. The molecule has 0 amide bonds. The van der Waals surface area contributed by atoms with Crippen molar-refractivity contribution in [1.29, 1.82) is 0 Å². The Bertz CT molecular complexity index is 709. The minimum absolute atomic E-state index is 0.271. The first-order chi connectivity index (χ1) is 10.3. The minimum atomic E-state index is -4.56. The molecule has 1 heterocycles. The summed E-state index contributed by atoms with van der Waals surface area (Å²) < 4.78 is 42.8. The number of Topliss-reactive ketones (excluding diaryl/α,β-unsaturated/α-hetero) is 1. The standard InChI is InChI=1S/C14H8ClF3O3S/c15-12-5-4-11(22-12)10(19)7-21-13(20)8-2-1-3-9(6-8)14(16,17)18/h1-6H,7H2. The topological polar surface area (TPSA) is 43.4 Å². The van der Waals surface area contributed by atoms with Gasteiger partial charge in [0.25, 0.3) is 0 Å². The Morgan fingerprint density at radius 2 is 1.91 bits per heavy atom. The molecule has 22 heavy (non-hydrogen) atoms. The lowest BCUT2D eigenvalue weighted by Crippen LogP contribution is -2.14. The van der Waals surface area contributed by atoms with E-state index in [0.29, 0.717) is 15.3 Å². The SMILES string of the molecule is O=C(OCC(=O)c1ccc(Cl)s1)c1cccc(C(F)(F)F)c1. The number of ketones is 1. The van der Waals surface area contributed by atoms with E-state index in [1.54, 1.807) is 0 Å². The third-order valence-electron chi connectivity index (χ3n) is 2.61. The van der Waals surface area contributed by atoms with Crippen LogP contribution in [0.25, 0.3) is 0 Å². The van der Waals surface area contributed by atoms with Crippen molar-refractivity contribution in [3.05, 3.63) is 56.7 Å². The van der Waals surface area contributed by atoms with Gasteiger partial charge in [-0.15, -0.1) is 11.3 Å². The molecule has 0 fully saturated rings. The molecule has 0 unspecified atom stereocenters. The molecule has 0 atom stereocenters. The first kappa shape index (κ1) is 16.5. The number of carbonyl (C=O) groups excluding carboxylic acids is 2. The molecular formula is C14H8ClF3O3S. The third kappa shape index (κ3) is 4.08. The van der Waals surface area contributed by atoms with E-state index in [4.69, 9.17) is 16.3 Å². The molecule has 0 spiro atoms. The Hall–Kier alpha value is -1.86. The van der Waals surface area contributed by atoms with Gasteiger partial charge in [0.15, 0.2) is 6.61 Å². The summed E-state index contributed by atoms with van der Waals surface area (Å²) in [7, 11) is 0. The lowest BCUT2D eigenvalue weighted by molar-refractivity contribution is -0.137. The summed E-state index contributed by atoms with van der Waals surface area (Å²) in [4.78, 5) is 23.7. The zero-order valence-corrected chi connectivity index (χ0v) is 12.4. The Morgan fingerprint density at radius 1 is 1.18 bits per heavy atom. The highest BCUT2D eigenvalue weighted by Gasteiger charge is 2.31. The van der Waals surface area contributed by atoms with Crippen molar-refractivity contribution >= 4 is 34.7 Å². The van der Waals surface area contributed by atoms with Crippen LogP contribution in [0.4, 0.5) is 13.2 Å². The quantitative estimate of drug-likeness (QED) is 0.605. The lowest BCUT2D eigenvalue weighted by atomic mass is 10.1. The highest BCUT2D eigenvalue weighted by atomic mass is 35.5. The van der Waals surface area contributed by atoms with Crippen LogP contribution >= 0.6 is 22.9 Å². The van der Waals surface area contributed by atoms with Crippen LogP contribution < -0.4 is 0 Å². The molecule has 116 valence electrons. The van der Waals surface area contributed by atoms with Gasteiger partial charge in [0.1, 0.15) is 0 Å². The molecule has 0 aliphatic rings. The highest BCUT2D eigenvalue weighted by Crippen LogP contribution is 2.29. The smallest absolute Gasteiger partial charge is 0.416 e. The summed E-state index contributed by atoms with van der Waals surface area (Å²) in [5, 5.41) is 0. The Balaban J connectivity index is 2.02. The first-order valence-electron chi connectivity index (χ1n) is 5.90. The summed E-state index contributed by atoms with van der Waals surface area (Å²) in [5.41, 5.74) is -1.23. The molecule has 0 saturated heterocycles. The van der Waals surface area contributed by atoms with Crippen LogP contribution in [0.1, 0.15) is 25.6 Å². The largest absolute Gasteiger partial charge is 0.454 e. The number of thiophene rings is 1. The Kier molecular flexibility index (Phi) is 4.87. The highest BCUT2D eigenvalue weighted by molar-refractivity contribution is 7.18. The average Bonchev–Trinajstić information content (AvgIpc) is 2.90. The van der Waals surface area contributed by atoms with E-state index >= 15 is 0 Å². The molecule has 2 rings (SSSR count). The number of ether oxygens (including phenoxy) is 1. The van der Waals surface area contributed by atoms with E-state index in [0.717, 1.165) is 23.5 Å². The molecule has 3 nitrogen and oxygen atoms in total. The van der Waals surface area contributed by atoms with Crippen LogP contribution in [-0.2, 0) is 10.9 Å². The Labute approximate surface area is 132 Å². The van der Waals surface area contributed by atoms with Crippen LogP contribution in [0, 0.1) is 0 Å². The van der Waals surface area contributed by atoms with Gasteiger partial charge < -0.3 is 4.74 Å². The second kappa shape index (κ2) is 6.50. The fourth-order valence-electron chi connectivity index (χ4n) is 1.57. The van der Waals surface area contributed by atoms with Gasteiger partial charge in [0, 0.05) is 0 Å². The van der Waals surface area contributed by atoms with E-state index in [2.05, 4.69) is 0 Å². The molecule has 1 aromatic heterocycles. The number of benzene rings is 1. The van der Waals surface area contributed by atoms with Crippen LogP contribution in [0.5, 0.6) is 0 Å². The third-order valence-corrected chi connectivity index (χ3v) is 3.88. The van der Waals surface area contributed by atoms with Crippen LogP contribution in [0.3, 0.4) is 0 Å². The van der Waals surface area contributed by atoms with E-state index in [9.17, 15) is 22.8 Å². The molecular weight excluding hydrogens is 341 g/mol. The predicted molar refractivity (Wildman–Crippen MR) is 75.4 cm³/mol.